The van der Waals surface area contributed by atoms with Crippen LogP contribution in [0.4, 0.5) is 0 Å². The van der Waals surface area contributed by atoms with Crippen LogP contribution >= 0.6 is 0 Å². The fraction of sp³-hybridized carbons (Fsp3) is 0.444. The molecule has 0 aliphatic heterocycles. The maximum Gasteiger partial charge on any atom is 0.261 e. The molecule has 0 aromatic carbocycles. The second-order valence-electron chi connectivity index (χ2n) is 3.43. The van der Waals surface area contributed by atoms with Crippen molar-refractivity contribution in [3.63, 3.8) is 0 Å². The number of aromatic amines is 1. The lowest BCUT2D eigenvalue weighted by Crippen LogP contribution is -2.17. The summed E-state index contributed by atoms with van der Waals surface area (Å²) in [4.78, 5) is 4.19. The fourth-order valence-corrected chi connectivity index (χ4v) is 1.32. The van der Waals surface area contributed by atoms with E-state index in [0.717, 1.165) is 11.3 Å². The van der Waals surface area contributed by atoms with Crippen molar-refractivity contribution >= 4 is 0 Å². The van der Waals surface area contributed by atoms with E-state index in [-0.39, 0.29) is 6.04 Å². The molecule has 0 aliphatic carbocycles. The highest BCUT2D eigenvalue weighted by Gasteiger charge is 2.16. The van der Waals surface area contributed by atoms with Crippen LogP contribution in [0.3, 0.4) is 0 Å². The van der Waals surface area contributed by atoms with Crippen LogP contribution < -0.4 is 5.73 Å². The molecule has 0 saturated carbocycles. The molecule has 16 heavy (non-hydrogen) atoms. The number of H-pyrrole nitrogens is 1. The predicted molar refractivity (Wildman–Crippen MR) is 55.4 cm³/mol. The highest BCUT2D eigenvalue weighted by atomic mass is 16.5. The van der Waals surface area contributed by atoms with E-state index < -0.39 is 0 Å². The van der Waals surface area contributed by atoms with E-state index >= 15 is 0 Å². The number of hydrogen-bond acceptors (Lipinski definition) is 6. The van der Waals surface area contributed by atoms with Gasteiger partial charge in [-0.15, -0.1) is 0 Å². The third-order valence-electron chi connectivity index (χ3n) is 2.18. The molecule has 2 aromatic rings. The molecule has 1 atom stereocenters. The monoisotopic (exact) mass is 223 g/mol. The lowest BCUT2D eigenvalue weighted by Gasteiger charge is -2.02. The number of nitrogens with zero attached hydrogens (tertiary/aromatic N) is 3. The summed E-state index contributed by atoms with van der Waals surface area (Å²) in [6.07, 6.45) is 1.63. The minimum absolute atomic E-state index is 0.351. The largest absolute Gasteiger partial charge is 0.383 e. The topological polar surface area (TPSA) is 103 Å². The van der Waals surface area contributed by atoms with E-state index in [9.17, 15) is 0 Å². The van der Waals surface area contributed by atoms with Crippen molar-refractivity contribution in [1.82, 2.24) is 20.3 Å². The second kappa shape index (κ2) is 4.42. The molecule has 7 nitrogen and oxygen atoms in total. The van der Waals surface area contributed by atoms with Gasteiger partial charge in [-0.25, -0.2) is 0 Å². The average molecular weight is 223 g/mol. The van der Waals surface area contributed by atoms with Gasteiger partial charge in [0.2, 0.25) is 0 Å². The number of aromatic nitrogens is 4. The predicted octanol–water partition coefficient (Wildman–Crippen LogP) is 0.414. The molecule has 7 heteroatoms. The summed E-state index contributed by atoms with van der Waals surface area (Å²) in [5.41, 5.74) is 7.43. The third-order valence-corrected chi connectivity index (χ3v) is 2.18. The summed E-state index contributed by atoms with van der Waals surface area (Å²) in [5.74, 6) is 0.838. The van der Waals surface area contributed by atoms with Crippen molar-refractivity contribution in [1.29, 1.82) is 0 Å². The first kappa shape index (κ1) is 10.8. The van der Waals surface area contributed by atoms with E-state index in [4.69, 9.17) is 15.0 Å². The Bertz CT molecular complexity index is 464. The normalized spacial score (nSPS) is 12.9. The highest BCUT2D eigenvalue weighted by molar-refractivity contribution is 5.54. The van der Waals surface area contributed by atoms with Gasteiger partial charge in [0.1, 0.15) is 0 Å². The Kier molecular flexibility index (Phi) is 2.97. The van der Waals surface area contributed by atoms with Crippen molar-refractivity contribution in [2.75, 3.05) is 13.7 Å². The maximum atomic E-state index is 5.78. The van der Waals surface area contributed by atoms with E-state index in [2.05, 4.69) is 20.3 Å². The zero-order valence-corrected chi connectivity index (χ0v) is 9.10. The van der Waals surface area contributed by atoms with Gasteiger partial charge in [0.15, 0.2) is 5.82 Å². The first-order valence-corrected chi connectivity index (χ1v) is 4.81. The van der Waals surface area contributed by atoms with E-state index in [1.807, 2.05) is 6.92 Å². The molecular weight excluding hydrogens is 210 g/mol. The molecule has 2 rings (SSSR count). The van der Waals surface area contributed by atoms with Gasteiger partial charge >= 0.3 is 0 Å². The van der Waals surface area contributed by atoms with Crippen LogP contribution in [0.15, 0.2) is 10.7 Å². The summed E-state index contributed by atoms with van der Waals surface area (Å²) in [6, 6.07) is -0.380. The number of ether oxygens (including phenoxy) is 1. The number of rotatable bonds is 4. The Hall–Kier alpha value is -1.73. The number of nitrogens with two attached hydrogens (primary N) is 1. The van der Waals surface area contributed by atoms with Crippen molar-refractivity contribution in [3.8, 4) is 11.5 Å². The summed E-state index contributed by atoms with van der Waals surface area (Å²) in [7, 11) is 1.57. The number of methoxy groups -OCH3 is 1. The fourth-order valence-electron chi connectivity index (χ4n) is 1.32. The van der Waals surface area contributed by atoms with Crippen molar-refractivity contribution in [3.05, 3.63) is 17.7 Å². The van der Waals surface area contributed by atoms with Crippen molar-refractivity contribution < 1.29 is 9.26 Å². The van der Waals surface area contributed by atoms with Gasteiger partial charge in [-0.05, 0) is 6.92 Å². The number of aryl methyl sites for hydroxylation is 1. The standard InChI is InChI=1S/C9H13N5O2/c1-5-6(3-11-13-5)9-12-8(14-16-9)7(10)4-15-2/h3,7H,4,10H2,1-2H3,(H,11,13). The molecule has 0 saturated heterocycles. The lowest BCUT2D eigenvalue weighted by atomic mass is 10.2. The van der Waals surface area contributed by atoms with Gasteiger partial charge in [-0.3, -0.25) is 5.10 Å². The van der Waals surface area contributed by atoms with E-state index in [1.165, 1.54) is 0 Å². The molecule has 1 unspecified atom stereocenters. The minimum atomic E-state index is -0.380. The highest BCUT2D eigenvalue weighted by Crippen LogP contribution is 2.20. The molecule has 3 N–H and O–H groups in total. The maximum absolute atomic E-state index is 5.78. The zero-order valence-electron chi connectivity index (χ0n) is 9.10. The van der Waals surface area contributed by atoms with Crippen LogP contribution in [0.25, 0.3) is 11.5 Å². The van der Waals surface area contributed by atoms with Gasteiger partial charge in [0.25, 0.3) is 5.89 Å². The molecule has 2 heterocycles. The first-order valence-electron chi connectivity index (χ1n) is 4.81. The lowest BCUT2D eigenvalue weighted by molar-refractivity contribution is 0.177. The summed E-state index contributed by atoms with van der Waals surface area (Å²) in [6.45, 7) is 2.23. The molecule has 86 valence electrons. The third kappa shape index (κ3) is 1.95. The van der Waals surface area contributed by atoms with E-state index in [1.54, 1.807) is 13.3 Å². The smallest absolute Gasteiger partial charge is 0.261 e. The summed E-state index contributed by atoms with van der Waals surface area (Å²) in [5, 5.41) is 10.5. The molecule has 0 radical (unpaired) electrons. The summed E-state index contributed by atoms with van der Waals surface area (Å²) >= 11 is 0. The molecule has 0 amide bonds. The Labute approximate surface area is 92.0 Å². The van der Waals surface area contributed by atoms with Gasteiger partial charge in [-0.1, -0.05) is 5.16 Å². The van der Waals surface area contributed by atoms with Gasteiger partial charge in [0.05, 0.1) is 24.4 Å². The molecule has 2 aromatic heterocycles. The first-order chi connectivity index (χ1) is 7.72. The Balaban J connectivity index is 2.23. The van der Waals surface area contributed by atoms with Crippen LogP contribution in [-0.4, -0.2) is 34.1 Å². The number of hydrogen-bond donors (Lipinski definition) is 2. The van der Waals surface area contributed by atoms with Crippen LogP contribution in [0.5, 0.6) is 0 Å². The van der Waals surface area contributed by atoms with Gasteiger partial charge in [-0.2, -0.15) is 10.1 Å². The Morgan fingerprint density at radius 1 is 1.62 bits per heavy atom. The second-order valence-corrected chi connectivity index (χ2v) is 3.43. The molecule has 0 spiro atoms. The Morgan fingerprint density at radius 3 is 3.06 bits per heavy atom. The van der Waals surface area contributed by atoms with Crippen LogP contribution in [0, 0.1) is 6.92 Å². The van der Waals surface area contributed by atoms with Crippen molar-refractivity contribution in [2.45, 2.75) is 13.0 Å². The molecule has 0 fully saturated rings. The molecule has 0 aliphatic rings. The zero-order chi connectivity index (χ0) is 11.5. The van der Waals surface area contributed by atoms with Crippen LogP contribution in [0.2, 0.25) is 0 Å². The molecular formula is C9H13N5O2. The average Bonchev–Trinajstić information content (AvgIpc) is 2.86. The summed E-state index contributed by atoms with van der Waals surface area (Å²) < 4.78 is 10.0. The molecule has 0 bridgehead atoms. The quantitative estimate of drug-likeness (QED) is 0.778. The van der Waals surface area contributed by atoms with Crippen LogP contribution in [0.1, 0.15) is 17.6 Å². The number of nitrogens with one attached hydrogen (secondary N) is 1. The minimum Gasteiger partial charge on any atom is -0.383 e. The van der Waals surface area contributed by atoms with Gasteiger partial charge < -0.3 is 15.0 Å². The van der Waals surface area contributed by atoms with Crippen LogP contribution in [-0.2, 0) is 4.74 Å². The van der Waals surface area contributed by atoms with Crippen molar-refractivity contribution in [2.24, 2.45) is 5.73 Å². The SMILES string of the molecule is COCC(N)c1noc(-c2cn[nH]c2C)n1. The Morgan fingerprint density at radius 2 is 2.44 bits per heavy atom. The van der Waals surface area contributed by atoms with E-state index in [0.29, 0.717) is 18.3 Å². The van der Waals surface area contributed by atoms with Gasteiger partial charge in [0, 0.05) is 12.8 Å².